The maximum atomic E-state index is 14.5. The van der Waals surface area contributed by atoms with E-state index in [-0.39, 0.29) is 33.2 Å². The molecule has 1 amide bonds. The Labute approximate surface area is 232 Å². The Balaban J connectivity index is 1.76. The first-order valence-electron chi connectivity index (χ1n) is 11.9. The number of carbonyl (C=O) groups excluding carboxylic acids is 1. The molecule has 210 valence electrons. The van der Waals surface area contributed by atoms with Crippen LogP contribution in [-0.2, 0) is 11.1 Å². The zero-order valence-corrected chi connectivity index (χ0v) is 22.4. The van der Waals surface area contributed by atoms with Gasteiger partial charge in [0.05, 0.1) is 30.1 Å². The molecular formula is C28H25ClF4N4O3. The van der Waals surface area contributed by atoms with Crippen LogP contribution in [0.2, 0.25) is 5.02 Å². The van der Waals surface area contributed by atoms with Crippen molar-refractivity contribution in [3.8, 4) is 17.0 Å². The number of methoxy groups -OCH3 is 1. The van der Waals surface area contributed by atoms with Gasteiger partial charge in [-0.05, 0) is 67.9 Å². The highest BCUT2D eigenvalue weighted by atomic mass is 35.5. The molecule has 12 heteroatoms. The van der Waals surface area contributed by atoms with Crippen molar-refractivity contribution in [2.75, 3.05) is 13.7 Å². The van der Waals surface area contributed by atoms with E-state index < -0.39 is 41.3 Å². The van der Waals surface area contributed by atoms with Gasteiger partial charge >= 0.3 is 6.18 Å². The van der Waals surface area contributed by atoms with Gasteiger partial charge < -0.3 is 20.9 Å². The van der Waals surface area contributed by atoms with Crippen LogP contribution in [-0.4, -0.2) is 40.8 Å². The van der Waals surface area contributed by atoms with Gasteiger partial charge in [-0.25, -0.2) is 9.37 Å². The molecule has 2 heterocycles. The monoisotopic (exact) mass is 576 g/mol. The summed E-state index contributed by atoms with van der Waals surface area (Å²) in [6, 6.07) is 12.1. The minimum absolute atomic E-state index is 0.00619. The first-order valence-corrected chi connectivity index (χ1v) is 12.3. The summed E-state index contributed by atoms with van der Waals surface area (Å²) in [6.07, 6.45) is -3.74. The van der Waals surface area contributed by atoms with E-state index in [0.29, 0.717) is 10.9 Å². The molecule has 2 aromatic carbocycles. The van der Waals surface area contributed by atoms with E-state index in [4.69, 9.17) is 22.1 Å². The highest BCUT2D eigenvalue weighted by Crippen LogP contribution is 2.40. The molecule has 0 radical (unpaired) electrons. The number of nitrogens with zero attached hydrogens (tertiary/aromatic N) is 2. The maximum Gasteiger partial charge on any atom is 0.424 e. The van der Waals surface area contributed by atoms with E-state index in [0.717, 1.165) is 12.1 Å². The number of hydrogen-bond acceptors (Lipinski definition) is 6. The highest BCUT2D eigenvalue weighted by Gasteiger charge is 2.56. The fourth-order valence-corrected chi connectivity index (χ4v) is 4.19. The number of rotatable bonds is 7. The zero-order chi connectivity index (χ0) is 29.5. The second-order valence-corrected chi connectivity index (χ2v) is 10.2. The summed E-state index contributed by atoms with van der Waals surface area (Å²) in [4.78, 5) is 21.2. The van der Waals surface area contributed by atoms with Crippen LogP contribution in [0.25, 0.3) is 22.2 Å². The van der Waals surface area contributed by atoms with Gasteiger partial charge in [0.25, 0.3) is 5.91 Å². The lowest BCUT2D eigenvalue weighted by Gasteiger charge is -2.32. The molecule has 4 rings (SSSR count). The van der Waals surface area contributed by atoms with Gasteiger partial charge in [0.2, 0.25) is 5.60 Å². The Hall–Kier alpha value is -3.80. The summed E-state index contributed by atoms with van der Waals surface area (Å²) < 4.78 is 62.5. The first kappa shape index (κ1) is 29.2. The van der Waals surface area contributed by atoms with E-state index in [2.05, 4.69) is 15.3 Å². The molecule has 0 aliphatic heterocycles. The minimum Gasteiger partial charge on any atom is -0.494 e. The van der Waals surface area contributed by atoms with Crippen LogP contribution in [0.4, 0.5) is 17.6 Å². The largest absolute Gasteiger partial charge is 0.494 e. The average molecular weight is 577 g/mol. The van der Waals surface area contributed by atoms with Crippen molar-refractivity contribution in [3.63, 3.8) is 0 Å². The summed E-state index contributed by atoms with van der Waals surface area (Å²) >= 11 is 5.88. The fourth-order valence-electron chi connectivity index (χ4n) is 4.01. The number of aromatic nitrogens is 2. The van der Waals surface area contributed by atoms with Crippen LogP contribution >= 0.6 is 11.6 Å². The molecule has 4 N–H and O–H groups in total. The number of halogens is 5. The van der Waals surface area contributed by atoms with Crippen molar-refractivity contribution in [3.05, 3.63) is 88.5 Å². The van der Waals surface area contributed by atoms with E-state index in [1.165, 1.54) is 43.6 Å². The Morgan fingerprint density at radius 2 is 1.85 bits per heavy atom. The molecule has 0 aliphatic rings. The van der Waals surface area contributed by atoms with Gasteiger partial charge in [0, 0.05) is 28.2 Å². The topological polar surface area (TPSA) is 110 Å². The zero-order valence-electron chi connectivity index (χ0n) is 21.6. The first-order chi connectivity index (χ1) is 18.6. The number of benzene rings is 2. The van der Waals surface area contributed by atoms with E-state index in [9.17, 15) is 27.5 Å². The van der Waals surface area contributed by atoms with Crippen LogP contribution in [0.15, 0.2) is 60.8 Å². The molecule has 0 bridgehead atoms. The number of nitrogens with two attached hydrogens (primary N) is 1. The van der Waals surface area contributed by atoms with Crippen molar-refractivity contribution in [2.24, 2.45) is 5.73 Å². The third-order valence-electron chi connectivity index (χ3n) is 6.33. The van der Waals surface area contributed by atoms with Crippen LogP contribution in [0.5, 0.6) is 5.75 Å². The molecule has 0 saturated heterocycles. The molecule has 0 aliphatic carbocycles. The van der Waals surface area contributed by atoms with Gasteiger partial charge in [-0.15, -0.1) is 0 Å². The number of fused-ring (bicyclic) bond motifs is 1. The normalized spacial score (nSPS) is 13.7. The van der Waals surface area contributed by atoms with E-state index in [1.807, 2.05) is 0 Å². The van der Waals surface area contributed by atoms with Crippen molar-refractivity contribution in [2.45, 2.75) is 31.2 Å². The Morgan fingerprint density at radius 1 is 1.12 bits per heavy atom. The van der Waals surface area contributed by atoms with Gasteiger partial charge in [-0.3, -0.25) is 9.78 Å². The molecule has 7 nitrogen and oxygen atoms in total. The number of alkyl halides is 3. The molecular weight excluding hydrogens is 552 g/mol. The number of nitrogens with one attached hydrogen (secondary N) is 1. The predicted octanol–water partition coefficient (Wildman–Crippen LogP) is 5.47. The quantitative estimate of drug-likeness (QED) is 0.252. The van der Waals surface area contributed by atoms with Crippen LogP contribution in [0.3, 0.4) is 0 Å². The van der Waals surface area contributed by atoms with Gasteiger partial charge in [-0.1, -0.05) is 17.7 Å². The summed E-state index contributed by atoms with van der Waals surface area (Å²) in [6.45, 7) is 1.85. The number of amides is 1. The third kappa shape index (κ3) is 5.72. The second-order valence-electron chi connectivity index (χ2n) is 9.77. The van der Waals surface area contributed by atoms with E-state index in [1.54, 1.807) is 26.0 Å². The molecule has 1 unspecified atom stereocenters. The standard InChI is InChI=1S/C28H25ClF4N4O3/c1-26(2,34)18-12-21(15-6-7-20(30)19(29)10-15)37-23(13-18)27(39,28(31,32)33)14-36-25(38)17-9-16-5-4-8-35-24(16)22(11-17)40-3/h4-13,39H,14,34H2,1-3H3,(H,36,38). The second kappa shape index (κ2) is 10.6. The third-order valence-corrected chi connectivity index (χ3v) is 6.62. The predicted molar refractivity (Wildman–Crippen MR) is 142 cm³/mol. The van der Waals surface area contributed by atoms with Crippen molar-refractivity contribution in [1.82, 2.24) is 15.3 Å². The number of carbonyl (C=O) groups is 1. The molecule has 1 atom stereocenters. The van der Waals surface area contributed by atoms with Crippen molar-refractivity contribution >= 4 is 28.4 Å². The lowest BCUT2D eigenvalue weighted by molar-refractivity contribution is -0.265. The molecule has 2 aromatic heterocycles. The Bertz CT molecular complexity index is 1590. The Kier molecular flexibility index (Phi) is 7.77. The lowest BCUT2D eigenvalue weighted by Crippen LogP contribution is -2.51. The van der Waals surface area contributed by atoms with Crippen LogP contribution in [0, 0.1) is 5.82 Å². The highest BCUT2D eigenvalue weighted by molar-refractivity contribution is 6.31. The summed E-state index contributed by atoms with van der Waals surface area (Å²) in [7, 11) is 1.37. The van der Waals surface area contributed by atoms with Crippen LogP contribution in [0.1, 0.15) is 35.5 Å². The summed E-state index contributed by atoms with van der Waals surface area (Å²) in [5, 5.41) is 13.5. The molecule has 0 fully saturated rings. The molecule has 4 aromatic rings. The lowest BCUT2D eigenvalue weighted by atomic mass is 9.89. The van der Waals surface area contributed by atoms with Crippen LogP contribution < -0.4 is 15.8 Å². The van der Waals surface area contributed by atoms with Gasteiger partial charge in [0.1, 0.15) is 17.1 Å². The molecule has 0 saturated carbocycles. The fraction of sp³-hybridized carbons (Fsp3) is 0.250. The SMILES string of the molecule is COc1cc(C(=O)NCC(O)(c2cc(C(C)(C)N)cc(-c3ccc(F)c(Cl)c3)n2)C(F)(F)F)cc2cccnc12. The number of ether oxygens (including phenoxy) is 1. The Morgan fingerprint density at radius 3 is 2.48 bits per heavy atom. The summed E-state index contributed by atoms with van der Waals surface area (Å²) in [5.74, 6) is -1.37. The minimum atomic E-state index is -5.27. The number of hydrogen-bond donors (Lipinski definition) is 3. The van der Waals surface area contributed by atoms with Gasteiger partial charge in [0.15, 0.2) is 0 Å². The average Bonchev–Trinajstić information content (AvgIpc) is 2.90. The van der Waals surface area contributed by atoms with E-state index >= 15 is 0 Å². The number of pyridine rings is 2. The molecule has 40 heavy (non-hydrogen) atoms. The maximum absolute atomic E-state index is 14.5. The van der Waals surface area contributed by atoms with Gasteiger partial charge in [-0.2, -0.15) is 13.2 Å². The smallest absolute Gasteiger partial charge is 0.424 e. The molecule has 0 spiro atoms. The van der Waals surface area contributed by atoms with Crippen molar-refractivity contribution < 1.29 is 32.2 Å². The summed E-state index contributed by atoms with van der Waals surface area (Å²) in [5.41, 5.74) is 1.43. The number of aliphatic hydroxyl groups is 1. The van der Waals surface area contributed by atoms with Crippen molar-refractivity contribution in [1.29, 1.82) is 0 Å².